The van der Waals surface area contributed by atoms with Crippen molar-refractivity contribution >= 4 is 97.8 Å². The third-order valence-electron chi connectivity index (χ3n) is 16.1. The maximum Gasteiger partial charge on any atom is 0.243 e. The Labute approximate surface area is 546 Å². The molecule has 6 aromatic rings. The van der Waals surface area contributed by atoms with Gasteiger partial charge in [0, 0.05) is 103 Å². The van der Waals surface area contributed by atoms with Gasteiger partial charge in [0.2, 0.25) is 47.3 Å². The number of hydrogen-bond donors (Lipinski definition) is 18. The van der Waals surface area contributed by atoms with Crippen LogP contribution in [0.2, 0.25) is 0 Å². The minimum atomic E-state index is -1.46. The molecule has 29 heteroatoms. The van der Waals surface area contributed by atoms with Crippen molar-refractivity contribution in [2.24, 2.45) is 60.8 Å². The van der Waals surface area contributed by atoms with Crippen LogP contribution in [0.1, 0.15) is 120 Å². The van der Waals surface area contributed by atoms with Gasteiger partial charge in [0.25, 0.3) is 0 Å². The van der Waals surface area contributed by atoms with E-state index in [9.17, 15) is 24.0 Å². The van der Waals surface area contributed by atoms with Crippen molar-refractivity contribution in [1.82, 2.24) is 52.2 Å². The van der Waals surface area contributed by atoms with Gasteiger partial charge in [0.05, 0.1) is 6.04 Å². The summed E-state index contributed by atoms with van der Waals surface area (Å²) in [7, 11) is 0. The number of aromatic nitrogens is 3. The second kappa shape index (κ2) is 38.0. The Balaban J connectivity index is 1.28. The van der Waals surface area contributed by atoms with Gasteiger partial charge >= 0.3 is 0 Å². The van der Waals surface area contributed by atoms with Crippen molar-refractivity contribution in [2.75, 3.05) is 26.2 Å². The Morgan fingerprint density at radius 2 is 0.755 bits per heavy atom. The number of primary amides is 1. The van der Waals surface area contributed by atoms with Crippen LogP contribution in [0.15, 0.2) is 106 Å². The summed E-state index contributed by atoms with van der Waals surface area (Å²) in [5.41, 5.74) is 50.1. The molecule has 0 fully saturated rings. The molecule has 3 aromatic heterocycles. The topological polar surface area (TPSA) is 513 Å². The minimum absolute atomic E-state index is 0.0358. The zero-order chi connectivity index (χ0) is 67.9. The van der Waals surface area contributed by atoms with Crippen LogP contribution in [-0.4, -0.2) is 149 Å². The predicted molar refractivity (Wildman–Crippen MR) is 365 cm³/mol. The van der Waals surface area contributed by atoms with Gasteiger partial charge in [-0.25, -0.2) is 0 Å². The molecular formula is C65H95N21O8. The number of rotatable bonds is 42. The van der Waals surface area contributed by atoms with Gasteiger partial charge in [-0.15, -0.1) is 0 Å². The Bertz CT molecular complexity index is 3560. The van der Waals surface area contributed by atoms with Crippen LogP contribution >= 0.6 is 0 Å². The monoisotopic (exact) mass is 1300 g/mol. The van der Waals surface area contributed by atoms with Crippen LogP contribution < -0.4 is 83.1 Å². The lowest BCUT2D eigenvalue weighted by atomic mass is 10.0. The number of aliphatic imine (C=N–C) groups is 3. The normalized spacial score (nSPS) is 13.4. The van der Waals surface area contributed by atoms with E-state index in [0.717, 1.165) is 64.8 Å². The molecule has 3 heterocycles. The van der Waals surface area contributed by atoms with Crippen molar-refractivity contribution in [2.45, 2.75) is 165 Å². The summed E-state index contributed by atoms with van der Waals surface area (Å²) in [5, 5.41) is 22.1. The Kier molecular flexibility index (Phi) is 29.4. The lowest BCUT2D eigenvalue weighted by Crippen LogP contribution is -2.60. The molecule has 94 heavy (non-hydrogen) atoms. The molecule has 0 bridgehead atoms. The van der Waals surface area contributed by atoms with E-state index in [2.05, 4.69) is 74.1 Å². The fourth-order valence-corrected chi connectivity index (χ4v) is 11.0. The van der Waals surface area contributed by atoms with Crippen LogP contribution in [0.5, 0.6) is 0 Å². The van der Waals surface area contributed by atoms with Gasteiger partial charge in [0.15, 0.2) is 17.9 Å². The number of benzene rings is 3. The van der Waals surface area contributed by atoms with Gasteiger partial charge in [0.1, 0.15) is 36.3 Å². The van der Waals surface area contributed by atoms with E-state index >= 15 is 14.4 Å². The van der Waals surface area contributed by atoms with E-state index in [-0.39, 0.29) is 101 Å². The number of nitrogens with one attached hydrogen (secondary N) is 10. The highest BCUT2D eigenvalue weighted by molar-refractivity contribution is 5.99. The predicted octanol–water partition coefficient (Wildman–Crippen LogP) is 0.688. The maximum absolute atomic E-state index is 15.2. The fourth-order valence-electron chi connectivity index (χ4n) is 11.0. The molecule has 29 nitrogen and oxygen atoms in total. The summed E-state index contributed by atoms with van der Waals surface area (Å²) < 4.78 is 0. The molecule has 0 saturated heterocycles. The fraction of sp³-hybridized carbons (Fsp3) is 0.462. The van der Waals surface area contributed by atoms with Crippen molar-refractivity contribution in [1.29, 1.82) is 0 Å². The minimum Gasteiger partial charge on any atom is -0.370 e. The highest BCUT2D eigenvalue weighted by Gasteiger charge is 2.35. The number of guanidine groups is 3. The first-order valence-corrected chi connectivity index (χ1v) is 32.2. The van der Waals surface area contributed by atoms with E-state index in [1.165, 1.54) is 0 Å². The third-order valence-corrected chi connectivity index (χ3v) is 16.1. The Hall–Kier alpha value is -10.2. The van der Waals surface area contributed by atoms with E-state index in [4.69, 9.17) is 45.9 Å². The third kappa shape index (κ3) is 23.8. The standard InChI is InChI=1S/C65H95N21O8/c1-2-3-4-5-6-28-55(87)74-29-14-13-25-49(56(67)88)81-60(92)53(34-40-37-79-47-23-11-8-19-43(40)47)85-58(90)51(27-17-32-77-65(72)73)83-62(94)54(35-41-38-80-48-24-12-9-20-44(41)48)86-59(91)50(26-16-31-76-64(70)71)82-61(93)52(33-39-36-78-46-22-10-7-18-42(39)46)84-57(89)45(66)21-15-30-75-63(68)69/h7-12,18-20,22-24,36-38,45,49-54,78-80H,2-6,13-17,21,25-35,66H2,1H3,(H2,67,88)(H,74,87)(H,81,92)(H,82,93)(H,83,94)(H,84,89)(H,85,90)(H,86,91)(H4,68,69,75)(H4,70,71,76)(H4,72,73,77)/t45-,49+,50-,51+,52-,53-,54+/m1/s1. The number of nitrogens with two attached hydrogens (primary N) is 8. The zero-order valence-corrected chi connectivity index (χ0v) is 53.5. The summed E-state index contributed by atoms with van der Waals surface area (Å²) >= 11 is 0. The second-order valence-corrected chi connectivity index (χ2v) is 23.4. The van der Waals surface area contributed by atoms with E-state index in [0.29, 0.717) is 48.9 Å². The molecule has 0 spiro atoms. The van der Waals surface area contributed by atoms with Crippen LogP contribution in [-0.2, 0) is 57.6 Å². The number of para-hydroxylation sites is 3. The average molecular weight is 1300 g/mol. The molecule has 8 amide bonds. The number of hydrogen-bond acceptors (Lipinski definition) is 12. The summed E-state index contributed by atoms with van der Waals surface area (Å²) in [6.07, 6.45) is 12.1. The summed E-state index contributed by atoms with van der Waals surface area (Å²) in [5.74, 6) is -6.03. The van der Waals surface area contributed by atoms with Gasteiger partial charge < -0.3 is 98.0 Å². The molecule has 508 valence electrons. The largest absolute Gasteiger partial charge is 0.370 e. The van der Waals surface area contributed by atoms with Gasteiger partial charge in [-0.3, -0.25) is 53.3 Å². The summed E-state index contributed by atoms with van der Waals surface area (Å²) in [6, 6.07) is 12.9. The highest BCUT2D eigenvalue weighted by atomic mass is 16.2. The number of amides is 8. The Morgan fingerprint density at radius 1 is 0.404 bits per heavy atom. The van der Waals surface area contributed by atoms with Crippen molar-refractivity contribution < 1.29 is 38.4 Å². The number of carbonyl (C=O) groups is 8. The van der Waals surface area contributed by atoms with Gasteiger partial charge in [-0.2, -0.15) is 0 Å². The van der Waals surface area contributed by atoms with E-state index < -0.39 is 83.6 Å². The van der Waals surface area contributed by atoms with Crippen LogP contribution in [0.3, 0.4) is 0 Å². The SMILES string of the molecule is CCCCCCCC(=O)NCCCC[C@H](NC(=O)[C@@H](Cc1c[nH]c2ccccc12)NC(=O)[C@H](CCCN=C(N)N)NC(=O)[C@H](Cc1c[nH]c2ccccc12)NC(=O)[C@@H](CCCN=C(N)N)NC(=O)[C@@H](Cc1c[nH]c2ccccc12)NC(=O)[C@H](N)CCCN=C(N)N)C(N)=O. The number of H-pyrrole nitrogens is 3. The van der Waals surface area contributed by atoms with Crippen molar-refractivity contribution in [3.63, 3.8) is 0 Å². The Morgan fingerprint density at radius 3 is 1.16 bits per heavy atom. The van der Waals surface area contributed by atoms with Crippen LogP contribution in [0.25, 0.3) is 32.7 Å². The van der Waals surface area contributed by atoms with Crippen LogP contribution in [0, 0.1) is 0 Å². The lowest BCUT2D eigenvalue weighted by molar-refractivity contribution is -0.135. The summed E-state index contributed by atoms with van der Waals surface area (Å²) in [6.45, 7) is 2.79. The summed E-state index contributed by atoms with van der Waals surface area (Å²) in [4.78, 5) is 136. The first-order chi connectivity index (χ1) is 45.2. The molecular weight excluding hydrogens is 1200 g/mol. The average Bonchev–Trinajstić information content (AvgIpc) is 1.67. The van der Waals surface area contributed by atoms with E-state index in [1.807, 2.05) is 72.8 Å². The molecule has 0 radical (unpaired) electrons. The molecule has 26 N–H and O–H groups in total. The molecule has 0 aliphatic rings. The van der Waals surface area contributed by atoms with Crippen LogP contribution in [0.4, 0.5) is 0 Å². The molecule has 0 saturated carbocycles. The van der Waals surface area contributed by atoms with E-state index in [1.54, 1.807) is 18.6 Å². The zero-order valence-electron chi connectivity index (χ0n) is 53.5. The van der Waals surface area contributed by atoms with Crippen molar-refractivity contribution in [3.05, 3.63) is 108 Å². The molecule has 6 rings (SSSR count). The van der Waals surface area contributed by atoms with Gasteiger partial charge in [-0.05, 0) is 99.1 Å². The maximum atomic E-state index is 15.2. The molecule has 0 aliphatic heterocycles. The van der Waals surface area contributed by atoms with Crippen molar-refractivity contribution in [3.8, 4) is 0 Å². The smallest absolute Gasteiger partial charge is 0.243 e. The first-order valence-electron chi connectivity index (χ1n) is 32.2. The highest BCUT2D eigenvalue weighted by Crippen LogP contribution is 2.23. The molecule has 0 aliphatic carbocycles. The number of unbranched alkanes of at least 4 members (excludes halogenated alkanes) is 5. The number of carbonyl (C=O) groups excluding carboxylic acids is 8. The van der Waals surface area contributed by atoms with Gasteiger partial charge in [-0.1, -0.05) is 87.2 Å². The number of nitrogens with zero attached hydrogens (tertiary/aromatic N) is 3. The number of aromatic amines is 3. The lowest BCUT2D eigenvalue weighted by Gasteiger charge is -2.28. The molecule has 0 unspecified atom stereocenters. The number of fused-ring (bicyclic) bond motifs is 3. The quantitative estimate of drug-likeness (QED) is 0.0142. The molecule has 3 aromatic carbocycles. The molecule has 7 atom stereocenters. The first kappa shape index (κ1) is 72.9. The second-order valence-electron chi connectivity index (χ2n) is 23.4.